The summed E-state index contributed by atoms with van der Waals surface area (Å²) in [6.45, 7) is 1.60. The van der Waals surface area contributed by atoms with Crippen LogP contribution in [0.5, 0.6) is 0 Å². The molecule has 1 aromatic carbocycles. The van der Waals surface area contributed by atoms with Gasteiger partial charge in [-0.2, -0.15) is 15.6 Å². The van der Waals surface area contributed by atoms with E-state index in [1.165, 1.54) is 16.2 Å². The van der Waals surface area contributed by atoms with Gasteiger partial charge in [0.25, 0.3) is 5.91 Å². The Labute approximate surface area is 153 Å². The number of hydrogen-bond acceptors (Lipinski definition) is 5. The molecule has 0 fully saturated rings. The maximum Gasteiger partial charge on any atom is 0.265 e. The monoisotopic (exact) mass is 369 g/mol. The Morgan fingerprint density at radius 3 is 2.64 bits per heavy atom. The number of para-hydroxylation sites is 1. The highest BCUT2D eigenvalue weighted by Crippen LogP contribution is 2.32. The summed E-state index contributed by atoms with van der Waals surface area (Å²) in [4.78, 5) is 15.1. The first-order valence-corrected chi connectivity index (χ1v) is 8.53. The third-order valence-corrected chi connectivity index (χ3v) is 5.06. The number of halogens is 1. The summed E-state index contributed by atoms with van der Waals surface area (Å²) in [5.74, 6) is -0.339. The molecule has 0 saturated carbocycles. The van der Waals surface area contributed by atoms with Crippen molar-refractivity contribution in [2.75, 3.05) is 13.1 Å². The lowest BCUT2D eigenvalue weighted by molar-refractivity contribution is 0.0799. The summed E-state index contributed by atoms with van der Waals surface area (Å²) < 4.78 is 1.72. The molecular weight excluding hydrogens is 358 g/mol. The molecule has 0 saturated heterocycles. The Balaban J connectivity index is 2.08. The molecule has 0 N–H and O–H groups in total. The van der Waals surface area contributed by atoms with Crippen LogP contribution in [0.15, 0.2) is 30.3 Å². The predicted molar refractivity (Wildman–Crippen MR) is 95.8 cm³/mol. The fourth-order valence-corrected chi connectivity index (χ4v) is 3.82. The first-order chi connectivity index (χ1) is 12.1. The predicted octanol–water partition coefficient (Wildman–Crippen LogP) is 3.54. The molecule has 124 valence electrons. The second-order valence-corrected chi connectivity index (χ2v) is 6.69. The molecule has 3 aromatic rings. The molecule has 25 heavy (non-hydrogen) atoms. The molecule has 0 aliphatic heterocycles. The molecule has 0 atom stereocenters. The van der Waals surface area contributed by atoms with E-state index in [0.717, 1.165) is 21.6 Å². The lowest BCUT2D eigenvalue weighted by Gasteiger charge is -2.14. The number of nitriles is 2. The normalized spacial score (nSPS) is 10.4. The first-order valence-electron chi connectivity index (χ1n) is 7.34. The minimum Gasteiger partial charge on any atom is -0.311 e. The van der Waals surface area contributed by atoms with Gasteiger partial charge in [0, 0.05) is 5.39 Å². The number of aromatic nitrogens is 2. The Morgan fingerprint density at radius 1 is 1.32 bits per heavy atom. The number of rotatable bonds is 4. The lowest BCUT2D eigenvalue weighted by atomic mass is 10.3. The third kappa shape index (κ3) is 3.08. The molecule has 0 spiro atoms. The Bertz CT molecular complexity index is 1020. The van der Waals surface area contributed by atoms with Crippen LogP contribution in [-0.2, 0) is 0 Å². The Morgan fingerprint density at radius 2 is 2.00 bits per heavy atom. The first kappa shape index (κ1) is 17.0. The topological polar surface area (TPSA) is 85.7 Å². The lowest BCUT2D eigenvalue weighted by Crippen LogP contribution is -2.31. The zero-order valence-corrected chi connectivity index (χ0v) is 14.8. The quantitative estimate of drug-likeness (QED) is 0.658. The van der Waals surface area contributed by atoms with Gasteiger partial charge in [-0.3, -0.25) is 4.79 Å². The molecular formula is C17H12ClN5OS. The molecule has 2 heterocycles. The molecule has 0 aliphatic carbocycles. The Hall–Kier alpha value is -2.87. The van der Waals surface area contributed by atoms with Gasteiger partial charge in [-0.25, -0.2) is 4.68 Å². The fraction of sp³-hybridized carbons (Fsp3) is 0.176. The van der Waals surface area contributed by atoms with E-state index >= 15 is 0 Å². The van der Waals surface area contributed by atoms with Crippen molar-refractivity contribution in [2.45, 2.75) is 6.92 Å². The Kier molecular flexibility index (Phi) is 4.71. The van der Waals surface area contributed by atoms with E-state index in [-0.39, 0.29) is 19.0 Å². The van der Waals surface area contributed by atoms with E-state index in [1.54, 1.807) is 16.8 Å². The summed E-state index contributed by atoms with van der Waals surface area (Å²) in [5.41, 5.74) is 1.51. The van der Waals surface area contributed by atoms with Crippen molar-refractivity contribution in [3.63, 3.8) is 0 Å². The van der Waals surface area contributed by atoms with Crippen molar-refractivity contribution in [3.8, 4) is 17.8 Å². The molecule has 1 amide bonds. The van der Waals surface area contributed by atoms with Gasteiger partial charge in [-0.1, -0.05) is 23.7 Å². The zero-order valence-electron chi connectivity index (χ0n) is 13.2. The van der Waals surface area contributed by atoms with Crippen LogP contribution in [0.2, 0.25) is 5.02 Å². The van der Waals surface area contributed by atoms with E-state index < -0.39 is 0 Å². The van der Waals surface area contributed by atoms with Gasteiger partial charge in [-0.05, 0) is 25.1 Å². The summed E-state index contributed by atoms with van der Waals surface area (Å²) in [6, 6.07) is 12.9. The van der Waals surface area contributed by atoms with Gasteiger partial charge in [0.1, 0.15) is 17.9 Å². The van der Waals surface area contributed by atoms with Gasteiger partial charge >= 0.3 is 0 Å². The van der Waals surface area contributed by atoms with Crippen LogP contribution in [-0.4, -0.2) is 33.7 Å². The van der Waals surface area contributed by atoms with Crippen molar-refractivity contribution >= 4 is 39.1 Å². The molecule has 0 aliphatic rings. The standard InChI is InChI=1S/C17H12ClN5OS/c1-11-12-10-15(16(24)22(8-6-19)9-7-20)25-17(12)23(21-11)14-5-3-2-4-13(14)18/h2-5,10H,8-9H2,1H3. The SMILES string of the molecule is Cc1nn(-c2ccccc2Cl)c2sc(C(=O)N(CC#N)CC#N)cc12. The van der Waals surface area contributed by atoms with E-state index in [9.17, 15) is 4.79 Å². The summed E-state index contributed by atoms with van der Waals surface area (Å²) in [5, 5.41) is 23.6. The maximum absolute atomic E-state index is 12.6. The van der Waals surface area contributed by atoms with Crippen LogP contribution >= 0.6 is 22.9 Å². The largest absolute Gasteiger partial charge is 0.311 e. The highest BCUT2D eigenvalue weighted by atomic mass is 35.5. The third-order valence-electron chi connectivity index (χ3n) is 3.65. The summed E-state index contributed by atoms with van der Waals surface area (Å²) in [7, 11) is 0. The molecule has 0 bridgehead atoms. The van der Waals surface area contributed by atoms with Gasteiger partial charge in [-0.15, -0.1) is 11.3 Å². The smallest absolute Gasteiger partial charge is 0.265 e. The average Bonchev–Trinajstić information content (AvgIpc) is 3.16. The van der Waals surface area contributed by atoms with E-state index in [4.69, 9.17) is 22.1 Å². The summed E-state index contributed by atoms with van der Waals surface area (Å²) >= 11 is 7.54. The van der Waals surface area contributed by atoms with Crippen molar-refractivity contribution in [1.82, 2.24) is 14.7 Å². The fourth-order valence-electron chi connectivity index (χ4n) is 2.47. The second-order valence-electron chi connectivity index (χ2n) is 5.26. The highest BCUT2D eigenvalue weighted by Gasteiger charge is 2.21. The maximum atomic E-state index is 12.6. The zero-order chi connectivity index (χ0) is 18.0. The number of carbonyl (C=O) groups excluding carboxylic acids is 1. The minimum atomic E-state index is -0.339. The van der Waals surface area contributed by atoms with Gasteiger partial charge in [0.2, 0.25) is 0 Å². The molecule has 0 radical (unpaired) electrons. The molecule has 0 unspecified atom stereocenters. The van der Waals surface area contributed by atoms with Crippen LogP contribution in [0.3, 0.4) is 0 Å². The minimum absolute atomic E-state index is 0.129. The number of fused-ring (bicyclic) bond motifs is 1. The number of thiophene rings is 1. The van der Waals surface area contributed by atoms with Crippen LogP contribution in [0.25, 0.3) is 15.9 Å². The van der Waals surface area contributed by atoms with E-state index in [1.807, 2.05) is 37.3 Å². The second kappa shape index (κ2) is 6.94. The molecule has 2 aromatic heterocycles. The molecule has 3 rings (SSSR count). The number of amides is 1. The van der Waals surface area contributed by atoms with Crippen LogP contribution in [0.1, 0.15) is 15.4 Å². The number of carbonyl (C=O) groups is 1. The van der Waals surface area contributed by atoms with Crippen LogP contribution < -0.4 is 0 Å². The number of benzene rings is 1. The average molecular weight is 370 g/mol. The molecule has 8 heteroatoms. The van der Waals surface area contributed by atoms with Crippen LogP contribution in [0.4, 0.5) is 0 Å². The van der Waals surface area contributed by atoms with Crippen molar-refractivity contribution in [2.24, 2.45) is 0 Å². The van der Waals surface area contributed by atoms with Crippen molar-refractivity contribution in [3.05, 3.63) is 45.9 Å². The summed E-state index contributed by atoms with van der Waals surface area (Å²) in [6.07, 6.45) is 0. The van der Waals surface area contributed by atoms with Gasteiger partial charge in [0.15, 0.2) is 0 Å². The number of aryl methyl sites for hydroxylation is 1. The van der Waals surface area contributed by atoms with Gasteiger partial charge in [0.05, 0.1) is 33.4 Å². The highest BCUT2D eigenvalue weighted by molar-refractivity contribution is 7.20. The number of hydrogen-bond donors (Lipinski definition) is 0. The van der Waals surface area contributed by atoms with E-state index in [2.05, 4.69) is 5.10 Å². The van der Waals surface area contributed by atoms with Crippen molar-refractivity contribution in [1.29, 1.82) is 10.5 Å². The van der Waals surface area contributed by atoms with E-state index in [0.29, 0.717) is 9.90 Å². The van der Waals surface area contributed by atoms with Crippen LogP contribution in [0, 0.1) is 29.6 Å². The number of nitrogens with zero attached hydrogens (tertiary/aromatic N) is 5. The van der Waals surface area contributed by atoms with Gasteiger partial charge < -0.3 is 4.90 Å². The molecule has 6 nitrogen and oxygen atoms in total. The van der Waals surface area contributed by atoms with Crippen molar-refractivity contribution < 1.29 is 4.79 Å².